The maximum absolute atomic E-state index is 6.25. The first-order chi connectivity index (χ1) is 10.8. The first-order valence-corrected chi connectivity index (χ1v) is 9.67. The van der Waals surface area contributed by atoms with Crippen molar-refractivity contribution >= 4 is 18.1 Å². The van der Waals surface area contributed by atoms with Gasteiger partial charge in [-0.3, -0.25) is 0 Å². The second-order valence-corrected chi connectivity index (χ2v) is 9.00. The Labute approximate surface area is 133 Å². The summed E-state index contributed by atoms with van der Waals surface area (Å²) in [6, 6.07) is 32.0. The van der Waals surface area contributed by atoms with Crippen LogP contribution in [0.25, 0.3) is 0 Å². The van der Waals surface area contributed by atoms with Crippen LogP contribution in [0.1, 0.15) is 5.56 Å². The molecule has 112 valence electrons. The summed E-state index contributed by atoms with van der Waals surface area (Å²) in [4.78, 5) is 0. The molecule has 3 aromatic carbocycles. The molecule has 0 spiro atoms. The van der Waals surface area contributed by atoms with Gasteiger partial charge in [-0.2, -0.15) is 0 Å². The summed E-state index contributed by atoms with van der Waals surface area (Å²) >= 11 is 0. The molecule has 1 nitrogen and oxygen atoms in total. The summed E-state index contributed by atoms with van der Waals surface area (Å²) in [7, 11) is -0.406. The summed E-state index contributed by atoms with van der Waals surface area (Å²) in [5, 5.41) is 2.63. The monoisotopic (exact) mass is 308 g/mol. The fourth-order valence-electron chi connectivity index (χ4n) is 2.98. The number of hydrogen-bond acceptors (Lipinski definition) is 1. The van der Waals surface area contributed by atoms with Crippen molar-refractivity contribution in [2.45, 2.75) is 6.16 Å². The van der Waals surface area contributed by atoms with E-state index in [-0.39, 0.29) is 0 Å². The van der Waals surface area contributed by atoms with Crippen molar-refractivity contribution in [3.05, 3.63) is 96.6 Å². The number of benzene rings is 3. The van der Waals surface area contributed by atoms with Crippen LogP contribution in [0.15, 0.2) is 91.0 Å². The van der Waals surface area contributed by atoms with E-state index in [2.05, 4.69) is 91.0 Å². The fraction of sp³-hybridized carbons (Fsp3) is 0.100. The van der Waals surface area contributed by atoms with Gasteiger partial charge < -0.3 is 0 Å². The molecule has 0 heterocycles. The van der Waals surface area contributed by atoms with Gasteiger partial charge >= 0.3 is 132 Å². The molecule has 22 heavy (non-hydrogen) atoms. The maximum atomic E-state index is 6.25. The van der Waals surface area contributed by atoms with Gasteiger partial charge in [-0.25, -0.2) is 0 Å². The Balaban J connectivity index is 2.13. The third-order valence-electron chi connectivity index (χ3n) is 4.12. The fourth-order valence-corrected chi connectivity index (χ4v) is 6.61. The summed E-state index contributed by atoms with van der Waals surface area (Å²) in [6.45, 7) is 0. The van der Waals surface area contributed by atoms with Crippen molar-refractivity contribution in [2.24, 2.45) is 0 Å². The van der Waals surface area contributed by atoms with Gasteiger partial charge in [-0.05, 0) is 0 Å². The zero-order valence-corrected chi connectivity index (χ0v) is 13.8. The van der Waals surface area contributed by atoms with E-state index in [0.29, 0.717) is 0 Å². The summed E-state index contributed by atoms with van der Waals surface area (Å²) in [5.41, 5.74) is 1.32. The van der Waals surface area contributed by atoms with E-state index in [9.17, 15) is 0 Å². The number of rotatable bonds is 5. The van der Waals surface area contributed by atoms with Gasteiger partial charge in [0.1, 0.15) is 0 Å². The van der Waals surface area contributed by atoms with E-state index in [1.165, 1.54) is 16.2 Å². The average Bonchev–Trinajstić information content (AvgIpc) is 2.62. The molecule has 3 rings (SSSR count). The molecule has 0 aliphatic heterocycles. The Morgan fingerprint density at radius 3 is 1.45 bits per heavy atom. The molecular formula is C20H21OP. The van der Waals surface area contributed by atoms with Gasteiger partial charge in [0.05, 0.1) is 0 Å². The van der Waals surface area contributed by atoms with E-state index < -0.39 is 7.49 Å². The Kier molecular flexibility index (Phi) is 4.68. The molecule has 3 aromatic rings. The molecule has 0 aromatic heterocycles. The van der Waals surface area contributed by atoms with Crippen molar-refractivity contribution in [3.8, 4) is 0 Å². The zero-order valence-electron chi connectivity index (χ0n) is 12.8. The van der Waals surface area contributed by atoms with Crippen LogP contribution in [0.3, 0.4) is 0 Å². The zero-order chi connectivity index (χ0) is 15.3. The normalized spacial score (nSPS) is 12.0. The van der Waals surface area contributed by atoms with Crippen LogP contribution in [-0.2, 0) is 10.7 Å². The van der Waals surface area contributed by atoms with Crippen LogP contribution < -0.4 is 10.6 Å². The van der Waals surface area contributed by atoms with Gasteiger partial charge in [-0.1, -0.05) is 0 Å². The molecule has 0 N–H and O–H groups in total. The molecule has 0 saturated carbocycles. The molecule has 0 bridgehead atoms. The van der Waals surface area contributed by atoms with Crippen LogP contribution in [0.5, 0.6) is 0 Å². The predicted octanol–water partition coefficient (Wildman–Crippen LogP) is 4.15. The van der Waals surface area contributed by atoms with Crippen molar-refractivity contribution in [1.29, 1.82) is 0 Å². The first kappa shape index (κ1) is 15.0. The van der Waals surface area contributed by atoms with Crippen molar-refractivity contribution in [2.75, 3.05) is 7.11 Å². The van der Waals surface area contributed by atoms with Crippen LogP contribution in [0.4, 0.5) is 0 Å². The molecule has 0 unspecified atom stereocenters. The second kappa shape index (κ2) is 6.87. The third kappa shape index (κ3) is 2.97. The first-order valence-electron chi connectivity index (χ1n) is 7.55. The van der Waals surface area contributed by atoms with Gasteiger partial charge in [0, 0.05) is 0 Å². The Hall–Kier alpha value is -1.95. The third-order valence-corrected chi connectivity index (χ3v) is 8.26. The number of hydrogen-bond donors (Lipinski definition) is 0. The van der Waals surface area contributed by atoms with Crippen LogP contribution in [0.2, 0.25) is 0 Å². The quantitative estimate of drug-likeness (QED) is 0.643. The van der Waals surface area contributed by atoms with Gasteiger partial charge in [0.2, 0.25) is 0 Å². The SMILES string of the molecule is CO[PH](Cc1ccccc1)(c1ccccc1)c1ccccc1. The Bertz CT molecular complexity index is 656. The molecule has 0 atom stereocenters. The van der Waals surface area contributed by atoms with E-state index in [0.717, 1.165) is 6.16 Å². The van der Waals surface area contributed by atoms with E-state index >= 15 is 0 Å². The molecular weight excluding hydrogens is 287 g/mol. The van der Waals surface area contributed by atoms with E-state index in [1.54, 1.807) is 0 Å². The van der Waals surface area contributed by atoms with Gasteiger partial charge in [-0.15, -0.1) is 0 Å². The summed E-state index contributed by atoms with van der Waals surface area (Å²) in [6.07, 6.45) is 0.943. The Morgan fingerprint density at radius 1 is 0.636 bits per heavy atom. The topological polar surface area (TPSA) is 9.23 Å². The van der Waals surface area contributed by atoms with Gasteiger partial charge in [0.25, 0.3) is 0 Å². The van der Waals surface area contributed by atoms with E-state index in [1.807, 2.05) is 7.11 Å². The Morgan fingerprint density at radius 2 is 1.05 bits per heavy atom. The summed E-state index contributed by atoms with van der Waals surface area (Å²) < 4.78 is 6.25. The molecule has 0 radical (unpaired) electrons. The van der Waals surface area contributed by atoms with Gasteiger partial charge in [0.15, 0.2) is 0 Å². The minimum atomic E-state index is -2.26. The standard InChI is InChI=1S/C20H21OP/c1-21-22(19-13-7-3-8-14-19,20-15-9-4-10-16-20)17-18-11-5-2-6-12-18/h2-16,22H,17H2,1H3. The van der Waals surface area contributed by atoms with Crippen molar-refractivity contribution in [3.63, 3.8) is 0 Å². The minimum absolute atomic E-state index is 0.943. The molecule has 0 amide bonds. The molecule has 0 saturated heterocycles. The summed E-state index contributed by atoms with van der Waals surface area (Å²) in [5.74, 6) is 0. The van der Waals surface area contributed by atoms with Crippen LogP contribution >= 0.6 is 7.49 Å². The predicted molar refractivity (Wildman–Crippen MR) is 97.6 cm³/mol. The molecule has 0 aliphatic carbocycles. The van der Waals surface area contributed by atoms with E-state index in [4.69, 9.17) is 4.52 Å². The second-order valence-electron chi connectivity index (χ2n) is 5.43. The molecule has 0 fully saturated rings. The van der Waals surface area contributed by atoms with Crippen molar-refractivity contribution < 1.29 is 4.52 Å². The average molecular weight is 308 g/mol. The van der Waals surface area contributed by atoms with Crippen LogP contribution in [0, 0.1) is 0 Å². The van der Waals surface area contributed by atoms with Crippen LogP contribution in [-0.4, -0.2) is 7.11 Å². The molecule has 2 heteroatoms. The van der Waals surface area contributed by atoms with Crippen molar-refractivity contribution in [1.82, 2.24) is 0 Å². The molecule has 0 aliphatic rings.